The summed E-state index contributed by atoms with van der Waals surface area (Å²) in [5.74, 6) is 0.0693. The first-order valence-electron chi connectivity index (χ1n) is 7.80. The van der Waals surface area contributed by atoms with Crippen LogP contribution in [-0.2, 0) is 11.3 Å². The fraction of sp³-hybridized carbons (Fsp3) is 0.389. The molecule has 5 heteroatoms. The molecule has 0 spiro atoms. The summed E-state index contributed by atoms with van der Waals surface area (Å²) in [5.41, 5.74) is 2.99. The van der Waals surface area contributed by atoms with Crippen molar-refractivity contribution in [1.29, 1.82) is 0 Å². The minimum absolute atomic E-state index is 0.0693. The van der Waals surface area contributed by atoms with E-state index in [0.29, 0.717) is 19.5 Å². The van der Waals surface area contributed by atoms with Gasteiger partial charge in [0.05, 0.1) is 6.10 Å². The number of rotatable bonds is 6. The van der Waals surface area contributed by atoms with Gasteiger partial charge in [0.15, 0.2) is 0 Å². The number of hydrogen-bond donors (Lipinski definition) is 1. The summed E-state index contributed by atoms with van der Waals surface area (Å²) < 4.78 is 5.36. The SMILES string of the molecule is COC(C)c1ccc(-c2ccc3c(c2)CN(CCCO)C3=O)s1. The smallest absolute Gasteiger partial charge is 0.254 e. The summed E-state index contributed by atoms with van der Waals surface area (Å²) in [4.78, 5) is 16.5. The maximum Gasteiger partial charge on any atom is 0.254 e. The number of fused-ring (bicyclic) bond motifs is 1. The molecule has 2 heterocycles. The van der Waals surface area contributed by atoms with Crippen LogP contribution in [0.2, 0.25) is 0 Å². The van der Waals surface area contributed by atoms with E-state index in [1.807, 2.05) is 19.1 Å². The predicted octanol–water partition coefficient (Wildman–Crippen LogP) is 3.46. The molecule has 0 saturated heterocycles. The molecule has 1 atom stereocenters. The number of hydrogen-bond acceptors (Lipinski definition) is 4. The second-order valence-electron chi connectivity index (χ2n) is 5.76. The number of carbonyl (C=O) groups is 1. The van der Waals surface area contributed by atoms with Gasteiger partial charge in [0, 0.05) is 42.1 Å². The number of aliphatic hydroxyl groups excluding tert-OH is 1. The average Bonchev–Trinajstić information content (AvgIpc) is 3.17. The average molecular weight is 331 g/mol. The van der Waals surface area contributed by atoms with Crippen LogP contribution in [0.15, 0.2) is 30.3 Å². The molecule has 0 radical (unpaired) electrons. The first kappa shape index (κ1) is 16.2. The Morgan fingerprint density at radius 2 is 2.17 bits per heavy atom. The lowest BCUT2D eigenvalue weighted by atomic mass is 10.1. The van der Waals surface area contributed by atoms with E-state index in [9.17, 15) is 4.79 Å². The van der Waals surface area contributed by atoms with E-state index in [1.165, 1.54) is 9.75 Å². The second-order valence-corrected chi connectivity index (χ2v) is 6.87. The van der Waals surface area contributed by atoms with Crippen molar-refractivity contribution in [2.24, 2.45) is 0 Å². The van der Waals surface area contributed by atoms with Crippen molar-refractivity contribution in [2.45, 2.75) is 26.0 Å². The van der Waals surface area contributed by atoms with Crippen molar-refractivity contribution in [3.8, 4) is 10.4 Å². The van der Waals surface area contributed by atoms with Crippen LogP contribution in [0.5, 0.6) is 0 Å². The summed E-state index contributed by atoms with van der Waals surface area (Å²) in [6, 6.07) is 10.3. The Labute approximate surface area is 140 Å². The lowest BCUT2D eigenvalue weighted by molar-refractivity contribution is 0.0768. The van der Waals surface area contributed by atoms with Crippen LogP contribution >= 0.6 is 11.3 Å². The van der Waals surface area contributed by atoms with Gasteiger partial charge in [-0.3, -0.25) is 4.79 Å². The minimum atomic E-state index is 0.0693. The number of benzene rings is 1. The van der Waals surface area contributed by atoms with Crippen LogP contribution in [0.4, 0.5) is 0 Å². The zero-order valence-electron chi connectivity index (χ0n) is 13.4. The Balaban J connectivity index is 1.83. The topological polar surface area (TPSA) is 49.8 Å². The molecule has 23 heavy (non-hydrogen) atoms. The molecule has 0 fully saturated rings. The van der Waals surface area contributed by atoms with Crippen LogP contribution in [0.3, 0.4) is 0 Å². The first-order valence-corrected chi connectivity index (χ1v) is 8.61. The molecule has 1 N–H and O–H groups in total. The molecular formula is C18H21NO3S. The highest BCUT2D eigenvalue weighted by molar-refractivity contribution is 7.15. The molecule has 0 aliphatic carbocycles. The molecular weight excluding hydrogens is 310 g/mol. The minimum Gasteiger partial charge on any atom is -0.396 e. The van der Waals surface area contributed by atoms with Crippen LogP contribution < -0.4 is 0 Å². The van der Waals surface area contributed by atoms with Crippen LogP contribution in [0.1, 0.15) is 40.2 Å². The highest BCUT2D eigenvalue weighted by atomic mass is 32.1. The van der Waals surface area contributed by atoms with E-state index in [1.54, 1.807) is 23.3 Å². The third kappa shape index (κ3) is 3.17. The van der Waals surface area contributed by atoms with E-state index in [-0.39, 0.29) is 18.6 Å². The number of ether oxygens (including phenoxy) is 1. The molecule has 122 valence electrons. The lowest BCUT2D eigenvalue weighted by Crippen LogP contribution is -2.25. The van der Waals surface area contributed by atoms with Gasteiger partial charge in [0.2, 0.25) is 0 Å². The quantitative estimate of drug-likeness (QED) is 0.882. The second kappa shape index (κ2) is 6.83. The molecule has 3 rings (SSSR count). The van der Waals surface area contributed by atoms with Gasteiger partial charge in [-0.05, 0) is 48.7 Å². The Hall–Kier alpha value is -1.69. The highest BCUT2D eigenvalue weighted by Crippen LogP contribution is 2.35. The molecule has 1 aliphatic heterocycles. The molecule has 1 aromatic heterocycles. The normalized spacial score (nSPS) is 15.1. The number of aliphatic hydroxyl groups is 1. The lowest BCUT2D eigenvalue weighted by Gasteiger charge is -2.13. The van der Waals surface area contributed by atoms with Crippen molar-refractivity contribution in [1.82, 2.24) is 4.90 Å². The van der Waals surface area contributed by atoms with Crippen LogP contribution in [-0.4, -0.2) is 36.2 Å². The van der Waals surface area contributed by atoms with E-state index < -0.39 is 0 Å². The van der Waals surface area contributed by atoms with Crippen molar-refractivity contribution in [3.63, 3.8) is 0 Å². The monoisotopic (exact) mass is 331 g/mol. The summed E-state index contributed by atoms with van der Waals surface area (Å²) in [5, 5.41) is 8.94. The number of amides is 1. The number of methoxy groups -OCH3 is 1. The van der Waals surface area contributed by atoms with Crippen molar-refractivity contribution in [2.75, 3.05) is 20.3 Å². The Kier molecular flexibility index (Phi) is 4.80. The molecule has 1 amide bonds. The number of thiophene rings is 1. The van der Waals surface area contributed by atoms with Crippen LogP contribution in [0.25, 0.3) is 10.4 Å². The molecule has 0 bridgehead atoms. The zero-order valence-corrected chi connectivity index (χ0v) is 14.2. The Bertz CT molecular complexity index is 710. The Morgan fingerprint density at radius 3 is 2.91 bits per heavy atom. The molecule has 0 saturated carbocycles. The van der Waals surface area contributed by atoms with Gasteiger partial charge < -0.3 is 14.7 Å². The zero-order chi connectivity index (χ0) is 16.4. The van der Waals surface area contributed by atoms with Crippen LogP contribution in [0, 0.1) is 0 Å². The van der Waals surface area contributed by atoms with Gasteiger partial charge in [-0.25, -0.2) is 0 Å². The molecule has 1 aromatic carbocycles. The largest absolute Gasteiger partial charge is 0.396 e. The summed E-state index contributed by atoms with van der Waals surface area (Å²) in [6.07, 6.45) is 0.717. The van der Waals surface area contributed by atoms with Crippen molar-refractivity contribution >= 4 is 17.2 Å². The van der Waals surface area contributed by atoms with Gasteiger partial charge in [-0.2, -0.15) is 0 Å². The summed E-state index contributed by atoms with van der Waals surface area (Å²) >= 11 is 1.72. The maximum absolute atomic E-state index is 12.3. The van der Waals surface area contributed by atoms with Crippen molar-refractivity contribution < 1.29 is 14.6 Å². The predicted molar refractivity (Wildman–Crippen MR) is 91.6 cm³/mol. The third-order valence-corrected chi connectivity index (χ3v) is 5.53. The van der Waals surface area contributed by atoms with Gasteiger partial charge in [-0.15, -0.1) is 11.3 Å². The highest BCUT2D eigenvalue weighted by Gasteiger charge is 2.27. The summed E-state index contributed by atoms with van der Waals surface area (Å²) in [6.45, 7) is 3.39. The molecule has 1 unspecified atom stereocenters. The maximum atomic E-state index is 12.3. The van der Waals surface area contributed by atoms with E-state index >= 15 is 0 Å². The van der Waals surface area contributed by atoms with Gasteiger partial charge in [-0.1, -0.05) is 6.07 Å². The van der Waals surface area contributed by atoms with E-state index in [4.69, 9.17) is 9.84 Å². The molecule has 1 aliphatic rings. The van der Waals surface area contributed by atoms with E-state index in [0.717, 1.165) is 16.7 Å². The van der Waals surface area contributed by atoms with Gasteiger partial charge >= 0.3 is 0 Å². The van der Waals surface area contributed by atoms with E-state index in [2.05, 4.69) is 18.2 Å². The standard InChI is InChI=1S/C18H21NO3S/c1-12(22-2)16-6-7-17(23-16)13-4-5-15-14(10-13)11-19(18(15)21)8-3-9-20/h4-7,10,12,20H,3,8-9,11H2,1-2H3. The fourth-order valence-corrected chi connectivity index (χ4v) is 3.85. The fourth-order valence-electron chi connectivity index (χ4n) is 2.82. The Morgan fingerprint density at radius 1 is 1.35 bits per heavy atom. The summed E-state index contributed by atoms with van der Waals surface area (Å²) in [7, 11) is 1.71. The first-order chi connectivity index (χ1) is 11.1. The third-order valence-electron chi connectivity index (χ3n) is 4.24. The van der Waals surface area contributed by atoms with Crippen molar-refractivity contribution in [3.05, 3.63) is 46.3 Å². The molecule has 4 nitrogen and oxygen atoms in total. The molecule has 2 aromatic rings. The number of nitrogens with zero attached hydrogens (tertiary/aromatic N) is 1. The number of carbonyl (C=O) groups excluding carboxylic acids is 1. The van der Waals surface area contributed by atoms with Gasteiger partial charge in [0.1, 0.15) is 0 Å². The van der Waals surface area contributed by atoms with Gasteiger partial charge in [0.25, 0.3) is 5.91 Å².